The summed E-state index contributed by atoms with van der Waals surface area (Å²) in [5.74, 6) is 2.33. The van der Waals surface area contributed by atoms with Crippen LogP contribution in [0.1, 0.15) is 23.5 Å². The van der Waals surface area contributed by atoms with E-state index in [1.807, 2.05) is 49.6 Å². The molecule has 2 aliphatic heterocycles. The maximum Gasteiger partial charge on any atom is 0.142 e. The second-order valence-electron chi connectivity index (χ2n) is 10.9. The van der Waals surface area contributed by atoms with Gasteiger partial charge in [0.2, 0.25) is 0 Å². The quantitative estimate of drug-likeness (QED) is 0.270. The highest BCUT2D eigenvalue weighted by Crippen LogP contribution is 2.35. The molecule has 8 nitrogen and oxygen atoms in total. The smallest absolute Gasteiger partial charge is 0.142 e. The van der Waals surface area contributed by atoms with Gasteiger partial charge in [-0.05, 0) is 66.1 Å². The van der Waals surface area contributed by atoms with Crippen LogP contribution in [-0.4, -0.2) is 68.4 Å². The largest absolute Gasteiger partial charge is 0.490 e. The molecule has 2 aliphatic rings. The summed E-state index contributed by atoms with van der Waals surface area (Å²) in [4.78, 5) is 2.36. The fourth-order valence-corrected chi connectivity index (χ4v) is 5.94. The first-order valence-electron chi connectivity index (χ1n) is 14.4. The number of nitrogens with one attached hydrogen (secondary N) is 1. The molecule has 6 rings (SSSR count). The van der Waals surface area contributed by atoms with E-state index in [0.717, 1.165) is 65.6 Å². The number of methoxy groups -OCH3 is 1. The van der Waals surface area contributed by atoms with Crippen LogP contribution < -0.4 is 19.7 Å². The van der Waals surface area contributed by atoms with Crippen LogP contribution in [0.3, 0.4) is 0 Å². The van der Waals surface area contributed by atoms with Crippen molar-refractivity contribution in [3.05, 3.63) is 84.1 Å². The third-order valence-corrected chi connectivity index (χ3v) is 8.09. The van der Waals surface area contributed by atoms with E-state index in [1.165, 1.54) is 5.52 Å². The van der Waals surface area contributed by atoms with Crippen LogP contribution in [0.25, 0.3) is 10.9 Å². The third kappa shape index (κ3) is 6.21. The molecule has 4 aromatic rings. The maximum absolute atomic E-state index is 11.0. The van der Waals surface area contributed by atoms with Gasteiger partial charge >= 0.3 is 0 Å². The van der Waals surface area contributed by atoms with Crippen LogP contribution in [-0.2, 0) is 23.1 Å². The van der Waals surface area contributed by atoms with Crippen LogP contribution >= 0.6 is 0 Å². The summed E-state index contributed by atoms with van der Waals surface area (Å²) in [6.07, 6.45) is 2.30. The van der Waals surface area contributed by atoms with Gasteiger partial charge in [-0.2, -0.15) is 0 Å². The van der Waals surface area contributed by atoms with Gasteiger partial charge in [0, 0.05) is 63.4 Å². The molecule has 2 N–H and O–H groups in total. The van der Waals surface area contributed by atoms with Crippen molar-refractivity contribution in [3.8, 4) is 17.2 Å². The van der Waals surface area contributed by atoms with E-state index in [1.54, 1.807) is 7.11 Å². The molecule has 1 fully saturated rings. The number of nitrogens with zero attached hydrogens (tertiary/aromatic N) is 2. The topological polar surface area (TPSA) is 77.3 Å². The van der Waals surface area contributed by atoms with Gasteiger partial charge < -0.3 is 38.8 Å². The molecule has 8 heteroatoms. The molecule has 0 spiro atoms. The highest BCUT2D eigenvalue weighted by molar-refractivity contribution is 5.81. The van der Waals surface area contributed by atoms with Crippen LogP contribution in [0.2, 0.25) is 0 Å². The number of rotatable bonds is 10. The van der Waals surface area contributed by atoms with Crippen molar-refractivity contribution in [2.75, 3.05) is 51.4 Å². The standard InChI is InChI=1S/C33H39N3O5/c1-35-14-12-25-19-27(9-10-28(25)35)41-26-7-5-24(6-8-26)33-30(37)20-34-21-32(33)40-22-23-4-11-31-29(18-23)36(15-17-39-31)13-3-16-38-2/h4-12,14,18-19,30,32-34,37H,3,13,15-17,20-22H2,1-2H3. The summed E-state index contributed by atoms with van der Waals surface area (Å²) in [5.41, 5.74) is 4.40. The highest BCUT2D eigenvalue weighted by Gasteiger charge is 2.34. The van der Waals surface area contributed by atoms with Crippen molar-refractivity contribution in [1.29, 1.82) is 0 Å². The Morgan fingerprint density at radius 1 is 1.00 bits per heavy atom. The Morgan fingerprint density at radius 2 is 1.85 bits per heavy atom. The zero-order chi connectivity index (χ0) is 28.2. The number of hydrogen-bond acceptors (Lipinski definition) is 7. The number of aliphatic hydroxyl groups is 1. The Bertz CT molecular complexity index is 1450. The summed E-state index contributed by atoms with van der Waals surface area (Å²) < 4.78 is 25.8. The highest BCUT2D eigenvalue weighted by atomic mass is 16.5. The molecule has 0 bridgehead atoms. The Labute approximate surface area is 241 Å². The lowest BCUT2D eigenvalue weighted by Gasteiger charge is -2.36. The number of hydrogen-bond donors (Lipinski definition) is 2. The van der Waals surface area contributed by atoms with E-state index in [-0.39, 0.29) is 12.0 Å². The predicted molar refractivity (Wildman–Crippen MR) is 160 cm³/mol. The van der Waals surface area contributed by atoms with Gasteiger partial charge in [0.1, 0.15) is 23.9 Å². The number of β-amino-alcohol motifs (C(OH)–C–C–N with tert-alkyl or cyclic N) is 1. The number of anilines is 1. The summed E-state index contributed by atoms with van der Waals surface area (Å²) >= 11 is 0. The Balaban J connectivity index is 1.12. The Hall–Kier alpha value is -3.56. The predicted octanol–water partition coefficient (Wildman–Crippen LogP) is 4.84. The molecule has 1 saturated heterocycles. The number of aliphatic hydroxyl groups excluding tert-OH is 1. The van der Waals surface area contributed by atoms with Gasteiger partial charge in [0.15, 0.2) is 0 Å². The van der Waals surface area contributed by atoms with Crippen LogP contribution in [0.15, 0.2) is 72.9 Å². The average molecular weight is 558 g/mol. The fourth-order valence-electron chi connectivity index (χ4n) is 5.94. The maximum atomic E-state index is 11.0. The number of aromatic nitrogens is 1. The molecule has 3 unspecified atom stereocenters. The number of aryl methyl sites for hydroxylation is 1. The molecular formula is C33H39N3O5. The van der Waals surface area contributed by atoms with Crippen molar-refractivity contribution < 1.29 is 24.1 Å². The molecule has 0 amide bonds. The van der Waals surface area contributed by atoms with Crippen molar-refractivity contribution in [3.63, 3.8) is 0 Å². The second kappa shape index (κ2) is 12.5. The molecule has 0 radical (unpaired) electrons. The minimum Gasteiger partial charge on any atom is -0.490 e. The van der Waals surface area contributed by atoms with Gasteiger partial charge in [0.25, 0.3) is 0 Å². The van der Waals surface area contributed by atoms with Crippen molar-refractivity contribution in [2.45, 2.75) is 31.2 Å². The van der Waals surface area contributed by atoms with Gasteiger partial charge in [-0.3, -0.25) is 0 Å². The van der Waals surface area contributed by atoms with Crippen molar-refractivity contribution >= 4 is 16.6 Å². The van der Waals surface area contributed by atoms with E-state index in [0.29, 0.717) is 26.3 Å². The lowest BCUT2D eigenvalue weighted by molar-refractivity contribution is -0.0328. The van der Waals surface area contributed by atoms with Crippen LogP contribution in [0.5, 0.6) is 17.2 Å². The van der Waals surface area contributed by atoms with E-state index in [9.17, 15) is 5.11 Å². The minimum atomic E-state index is -0.547. The van der Waals surface area contributed by atoms with Crippen LogP contribution in [0, 0.1) is 0 Å². The number of piperidine rings is 1. The normalized spacial score (nSPS) is 20.6. The first kappa shape index (κ1) is 27.6. The first-order valence-corrected chi connectivity index (χ1v) is 14.4. The fraction of sp³-hybridized carbons (Fsp3) is 0.394. The Morgan fingerprint density at radius 3 is 2.71 bits per heavy atom. The minimum absolute atomic E-state index is 0.141. The van der Waals surface area contributed by atoms with Crippen LogP contribution in [0.4, 0.5) is 5.69 Å². The zero-order valence-corrected chi connectivity index (χ0v) is 23.8. The number of benzene rings is 3. The summed E-state index contributed by atoms with van der Waals surface area (Å²) in [5, 5.41) is 15.5. The molecule has 0 saturated carbocycles. The summed E-state index contributed by atoms with van der Waals surface area (Å²) in [7, 11) is 3.77. The Kier molecular flexibility index (Phi) is 8.43. The average Bonchev–Trinajstić information content (AvgIpc) is 3.36. The van der Waals surface area contributed by atoms with Gasteiger partial charge in [-0.15, -0.1) is 0 Å². The van der Waals surface area contributed by atoms with E-state index in [4.69, 9.17) is 18.9 Å². The summed E-state index contributed by atoms with van der Waals surface area (Å²) in [6.45, 7) is 4.89. The van der Waals surface area contributed by atoms with Crippen molar-refractivity contribution in [2.24, 2.45) is 7.05 Å². The van der Waals surface area contributed by atoms with E-state index in [2.05, 4.69) is 45.1 Å². The molecule has 216 valence electrons. The number of fused-ring (bicyclic) bond motifs is 2. The lowest BCUT2D eigenvalue weighted by Crippen LogP contribution is -2.49. The zero-order valence-electron chi connectivity index (χ0n) is 23.8. The molecule has 0 aliphatic carbocycles. The molecule has 3 aromatic carbocycles. The first-order chi connectivity index (χ1) is 20.1. The molecule has 1 aromatic heterocycles. The van der Waals surface area contributed by atoms with E-state index < -0.39 is 6.10 Å². The SMILES string of the molecule is COCCCN1CCOc2ccc(COC3CNCC(O)C3c3ccc(Oc4ccc5c(ccn5C)c4)cc3)cc21. The monoisotopic (exact) mass is 557 g/mol. The molecule has 3 heterocycles. The van der Waals surface area contributed by atoms with Crippen molar-refractivity contribution in [1.82, 2.24) is 9.88 Å². The molecular weight excluding hydrogens is 518 g/mol. The van der Waals surface area contributed by atoms with Gasteiger partial charge in [-0.1, -0.05) is 18.2 Å². The molecule has 41 heavy (non-hydrogen) atoms. The summed E-state index contributed by atoms with van der Waals surface area (Å²) in [6, 6.07) is 22.5. The second-order valence-corrected chi connectivity index (χ2v) is 10.9. The lowest BCUT2D eigenvalue weighted by atomic mass is 9.85. The number of ether oxygens (including phenoxy) is 4. The van der Waals surface area contributed by atoms with Gasteiger partial charge in [-0.25, -0.2) is 0 Å². The molecule has 3 atom stereocenters. The van der Waals surface area contributed by atoms with Gasteiger partial charge in [0.05, 0.1) is 31.0 Å². The third-order valence-electron chi connectivity index (χ3n) is 8.09. The van der Waals surface area contributed by atoms with E-state index >= 15 is 0 Å².